The van der Waals surface area contributed by atoms with Crippen molar-refractivity contribution in [3.05, 3.63) is 35.4 Å². The smallest absolute Gasteiger partial charge is 0.164 e. The number of likely N-dealkylation sites (tertiary alicyclic amines) is 1. The van der Waals surface area contributed by atoms with E-state index in [1.165, 1.54) is 13.2 Å². The average molecular weight is 315 g/mol. The molecule has 0 aromatic heterocycles. The van der Waals surface area contributed by atoms with Crippen LogP contribution < -0.4 is 4.74 Å². The van der Waals surface area contributed by atoms with Crippen molar-refractivity contribution in [2.45, 2.75) is 36.3 Å². The molecule has 3 atom stereocenters. The second-order valence-corrected chi connectivity index (χ2v) is 6.99. The molecule has 1 aromatic rings. The van der Waals surface area contributed by atoms with Gasteiger partial charge in [0.2, 0.25) is 0 Å². The van der Waals surface area contributed by atoms with E-state index in [4.69, 9.17) is 4.74 Å². The number of ketones is 1. The molecule has 1 saturated heterocycles. The van der Waals surface area contributed by atoms with Crippen LogP contribution in [0.2, 0.25) is 0 Å². The lowest BCUT2D eigenvalue weighted by atomic mass is 9.51. The van der Waals surface area contributed by atoms with Crippen LogP contribution in [0.3, 0.4) is 0 Å². The summed E-state index contributed by atoms with van der Waals surface area (Å²) >= 11 is 0. The number of rotatable bonds is 1. The molecule has 1 fully saturated rings. The van der Waals surface area contributed by atoms with Gasteiger partial charge in [0.15, 0.2) is 17.3 Å². The van der Waals surface area contributed by atoms with Gasteiger partial charge in [-0.05, 0) is 50.2 Å². The number of hydrogen-bond acceptors (Lipinski definition) is 5. The fourth-order valence-corrected chi connectivity index (χ4v) is 4.90. The van der Waals surface area contributed by atoms with E-state index in [1.807, 2.05) is 13.1 Å². The number of aliphatic hydroxyl groups is 1. The molecule has 1 heterocycles. The van der Waals surface area contributed by atoms with Crippen molar-refractivity contribution >= 4 is 5.78 Å². The highest BCUT2D eigenvalue weighted by molar-refractivity contribution is 5.93. The third-order valence-electron chi connectivity index (χ3n) is 6.02. The molecule has 1 unspecified atom stereocenters. The predicted molar refractivity (Wildman–Crippen MR) is 84.8 cm³/mol. The average Bonchev–Trinajstić information content (AvgIpc) is 2.52. The fraction of sp³-hybridized carbons (Fsp3) is 0.500. The van der Waals surface area contributed by atoms with Crippen LogP contribution in [0.25, 0.3) is 0 Å². The monoisotopic (exact) mass is 315 g/mol. The summed E-state index contributed by atoms with van der Waals surface area (Å²) in [6, 6.07) is 3.44. The Balaban J connectivity index is 2.06. The van der Waals surface area contributed by atoms with Crippen molar-refractivity contribution in [1.82, 2.24) is 4.90 Å². The van der Waals surface area contributed by atoms with Gasteiger partial charge in [0.05, 0.1) is 7.11 Å². The van der Waals surface area contributed by atoms with Crippen molar-refractivity contribution in [1.29, 1.82) is 0 Å². The zero-order valence-corrected chi connectivity index (χ0v) is 13.4. The number of benzene rings is 1. The van der Waals surface area contributed by atoms with Crippen LogP contribution in [0.5, 0.6) is 11.5 Å². The van der Waals surface area contributed by atoms with Gasteiger partial charge in [0.1, 0.15) is 5.60 Å². The summed E-state index contributed by atoms with van der Waals surface area (Å²) in [5.74, 6) is 0.464. The number of fused-ring (bicyclic) bond motifs is 1. The second-order valence-electron chi connectivity index (χ2n) is 6.99. The van der Waals surface area contributed by atoms with Gasteiger partial charge in [0, 0.05) is 23.4 Å². The molecule has 5 heteroatoms. The molecule has 122 valence electrons. The van der Waals surface area contributed by atoms with E-state index in [1.54, 1.807) is 12.1 Å². The van der Waals surface area contributed by atoms with E-state index >= 15 is 0 Å². The van der Waals surface area contributed by atoms with Gasteiger partial charge >= 0.3 is 0 Å². The Hall–Kier alpha value is -1.85. The summed E-state index contributed by atoms with van der Waals surface area (Å²) in [4.78, 5) is 14.4. The highest BCUT2D eigenvalue weighted by Gasteiger charge is 2.64. The topological polar surface area (TPSA) is 70.0 Å². The number of piperidine rings is 1. The lowest BCUT2D eigenvalue weighted by molar-refractivity contribution is -0.135. The van der Waals surface area contributed by atoms with E-state index in [-0.39, 0.29) is 24.0 Å². The molecule has 2 aliphatic carbocycles. The van der Waals surface area contributed by atoms with E-state index in [0.717, 1.165) is 17.7 Å². The highest BCUT2D eigenvalue weighted by Crippen LogP contribution is 2.58. The van der Waals surface area contributed by atoms with Crippen LogP contribution in [-0.4, -0.2) is 53.2 Å². The van der Waals surface area contributed by atoms with E-state index < -0.39 is 11.0 Å². The van der Waals surface area contributed by atoms with Gasteiger partial charge < -0.3 is 14.9 Å². The van der Waals surface area contributed by atoms with E-state index in [9.17, 15) is 15.0 Å². The Labute approximate surface area is 135 Å². The number of phenols is 1. The zero-order valence-electron chi connectivity index (χ0n) is 13.4. The molecule has 5 nitrogen and oxygen atoms in total. The van der Waals surface area contributed by atoms with Gasteiger partial charge in [-0.2, -0.15) is 0 Å². The van der Waals surface area contributed by atoms with Crippen molar-refractivity contribution in [2.24, 2.45) is 0 Å². The van der Waals surface area contributed by atoms with Crippen LogP contribution in [-0.2, 0) is 16.6 Å². The Bertz CT molecular complexity index is 728. The molecule has 4 rings (SSSR count). The number of hydrogen-bond donors (Lipinski definition) is 2. The number of likely N-dealkylation sites (N-methyl/N-ethyl adjacent to an activating group) is 1. The molecule has 1 aliphatic heterocycles. The van der Waals surface area contributed by atoms with Crippen LogP contribution in [0, 0.1) is 0 Å². The number of phenolic OH excluding ortho intramolecular Hbond substituents is 1. The number of nitrogens with zero attached hydrogens (tertiary/aromatic N) is 1. The molecular formula is C18H21NO4. The number of carbonyl (C=O) groups is 1. The van der Waals surface area contributed by atoms with Gasteiger partial charge in [-0.3, -0.25) is 9.69 Å². The molecule has 0 radical (unpaired) electrons. The molecule has 23 heavy (non-hydrogen) atoms. The summed E-state index contributed by atoms with van der Waals surface area (Å²) in [5, 5.41) is 21.8. The molecule has 2 N–H and O–H groups in total. The first kappa shape index (κ1) is 14.7. The van der Waals surface area contributed by atoms with Crippen molar-refractivity contribution < 1.29 is 19.7 Å². The maximum atomic E-state index is 12.2. The van der Waals surface area contributed by atoms with E-state index in [0.29, 0.717) is 18.6 Å². The van der Waals surface area contributed by atoms with Gasteiger partial charge in [-0.1, -0.05) is 6.07 Å². The lowest BCUT2D eigenvalue weighted by Gasteiger charge is -2.61. The number of aromatic hydroxyl groups is 1. The fourth-order valence-electron chi connectivity index (χ4n) is 4.90. The standard InChI is InChI=1S/C18H21NO4/c1-19-8-7-17-10-12(20)5-6-18(17,22)14(19)9-11-3-4-13(21)16(23-2)15(11)17/h3-6,14,21-22H,7-10H2,1-2H3/t14-,17-,18?/m1/s1. The van der Waals surface area contributed by atoms with Crippen molar-refractivity contribution in [3.8, 4) is 11.5 Å². The number of methoxy groups -OCH3 is 1. The third-order valence-corrected chi connectivity index (χ3v) is 6.02. The second kappa shape index (κ2) is 4.58. The molecule has 0 saturated carbocycles. The zero-order chi connectivity index (χ0) is 16.4. The normalized spacial score (nSPS) is 35.6. The van der Waals surface area contributed by atoms with Crippen LogP contribution in [0.1, 0.15) is 24.0 Å². The van der Waals surface area contributed by atoms with E-state index in [2.05, 4.69) is 4.90 Å². The Morgan fingerprint density at radius 1 is 1.39 bits per heavy atom. The minimum absolute atomic E-state index is 0.0104. The summed E-state index contributed by atoms with van der Waals surface area (Å²) in [6.45, 7) is 0.798. The van der Waals surface area contributed by atoms with Gasteiger partial charge in [0.25, 0.3) is 0 Å². The Morgan fingerprint density at radius 3 is 2.91 bits per heavy atom. The first-order chi connectivity index (χ1) is 10.9. The largest absolute Gasteiger partial charge is 0.504 e. The lowest BCUT2D eigenvalue weighted by Crippen LogP contribution is -2.71. The highest BCUT2D eigenvalue weighted by atomic mass is 16.5. The molecule has 0 spiro atoms. The minimum atomic E-state index is -1.12. The first-order valence-electron chi connectivity index (χ1n) is 7.97. The van der Waals surface area contributed by atoms with Crippen LogP contribution in [0.4, 0.5) is 0 Å². The van der Waals surface area contributed by atoms with Gasteiger partial charge in [-0.25, -0.2) is 0 Å². The maximum absolute atomic E-state index is 12.2. The molecule has 3 aliphatic rings. The van der Waals surface area contributed by atoms with Gasteiger partial charge in [-0.15, -0.1) is 0 Å². The SMILES string of the molecule is COc1c(O)ccc2c1[C@]13CCN(C)[C@H](C2)C1(O)C=CC(=O)C3. The van der Waals surface area contributed by atoms with Crippen LogP contribution >= 0.6 is 0 Å². The Morgan fingerprint density at radius 2 is 2.17 bits per heavy atom. The molecule has 0 amide bonds. The number of allylic oxidation sites excluding steroid dienone is 1. The molecule has 1 aromatic carbocycles. The maximum Gasteiger partial charge on any atom is 0.164 e. The molecular weight excluding hydrogens is 294 g/mol. The predicted octanol–water partition coefficient (Wildman–Crippen LogP) is 1.16. The summed E-state index contributed by atoms with van der Waals surface area (Å²) in [6.07, 6.45) is 4.74. The van der Waals surface area contributed by atoms with Crippen molar-refractivity contribution in [2.75, 3.05) is 20.7 Å². The minimum Gasteiger partial charge on any atom is -0.504 e. The first-order valence-corrected chi connectivity index (χ1v) is 7.97. The number of ether oxygens (including phenoxy) is 1. The summed E-state index contributed by atoms with van der Waals surface area (Å²) in [7, 11) is 3.53. The summed E-state index contributed by atoms with van der Waals surface area (Å²) in [5.41, 5.74) is 0.00359. The number of carbonyl (C=O) groups excluding carboxylic acids is 1. The third kappa shape index (κ3) is 1.66. The molecule has 2 bridgehead atoms. The Kier molecular flexibility index (Phi) is 2.93. The summed E-state index contributed by atoms with van der Waals surface area (Å²) < 4.78 is 5.48. The van der Waals surface area contributed by atoms with Crippen molar-refractivity contribution in [3.63, 3.8) is 0 Å². The quantitative estimate of drug-likeness (QED) is 0.814. The van der Waals surface area contributed by atoms with Crippen LogP contribution in [0.15, 0.2) is 24.3 Å².